The number of carbonyl (C=O) groups excluding carboxylic acids is 1. The largest absolute Gasteiger partial charge is 0.350 e. The molecule has 156 valence electrons. The Morgan fingerprint density at radius 3 is 2.60 bits per heavy atom. The van der Waals surface area contributed by atoms with E-state index in [-0.39, 0.29) is 16.7 Å². The van der Waals surface area contributed by atoms with Crippen LogP contribution in [0.5, 0.6) is 0 Å². The average Bonchev–Trinajstić information content (AvgIpc) is 3.29. The summed E-state index contributed by atoms with van der Waals surface area (Å²) in [4.78, 5) is 21.0. The van der Waals surface area contributed by atoms with Crippen LogP contribution < -0.4 is 5.32 Å². The predicted octanol–water partition coefficient (Wildman–Crippen LogP) is 3.04. The number of hydrogen-bond acceptors (Lipinski definition) is 6. The van der Waals surface area contributed by atoms with Crippen LogP contribution in [-0.4, -0.2) is 48.2 Å². The van der Waals surface area contributed by atoms with E-state index in [0.717, 1.165) is 10.6 Å². The number of rotatable bonds is 6. The van der Waals surface area contributed by atoms with E-state index in [0.29, 0.717) is 38.2 Å². The fourth-order valence-electron chi connectivity index (χ4n) is 3.42. The maximum atomic E-state index is 12.7. The third kappa shape index (κ3) is 4.58. The van der Waals surface area contributed by atoms with Gasteiger partial charge in [0.05, 0.1) is 0 Å². The number of hydrogen-bond donors (Lipinski definition) is 1. The fraction of sp³-hybridized carbons (Fsp3) is 0.286. The Bertz CT molecular complexity index is 1090. The molecule has 7 nitrogen and oxygen atoms in total. The van der Waals surface area contributed by atoms with Crippen molar-refractivity contribution in [3.8, 4) is 10.6 Å². The number of sulfonamides is 1. The molecule has 0 bridgehead atoms. The summed E-state index contributed by atoms with van der Waals surface area (Å²) in [5.41, 5.74) is 1.40. The van der Waals surface area contributed by atoms with E-state index in [2.05, 4.69) is 15.3 Å². The molecule has 0 radical (unpaired) electrons. The van der Waals surface area contributed by atoms with Gasteiger partial charge in [-0.1, -0.05) is 30.3 Å². The minimum atomic E-state index is -3.51. The van der Waals surface area contributed by atoms with E-state index in [1.807, 2.05) is 30.3 Å². The molecule has 2 aromatic heterocycles. The highest BCUT2D eigenvalue weighted by Crippen LogP contribution is 2.24. The first-order valence-corrected chi connectivity index (χ1v) is 12.1. The Labute approximate surface area is 179 Å². The van der Waals surface area contributed by atoms with E-state index in [9.17, 15) is 13.2 Å². The number of aromatic nitrogens is 2. The van der Waals surface area contributed by atoms with Crippen LogP contribution >= 0.6 is 11.3 Å². The van der Waals surface area contributed by atoms with Crippen LogP contribution in [0.25, 0.3) is 10.6 Å². The summed E-state index contributed by atoms with van der Waals surface area (Å²) in [5.74, 6) is 0.0420. The number of amides is 1. The predicted molar refractivity (Wildman–Crippen MR) is 116 cm³/mol. The lowest BCUT2D eigenvalue weighted by molar-refractivity contribution is 0.0937. The zero-order valence-corrected chi connectivity index (χ0v) is 17.9. The van der Waals surface area contributed by atoms with Gasteiger partial charge in [-0.25, -0.2) is 13.4 Å². The van der Waals surface area contributed by atoms with Crippen LogP contribution in [0.3, 0.4) is 0 Å². The van der Waals surface area contributed by atoms with E-state index in [1.165, 1.54) is 21.8 Å². The van der Waals surface area contributed by atoms with Crippen molar-refractivity contribution in [2.75, 3.05) is 19.6 Å². The second-order valence-electron chi connectivity index (χ2n) is 7.15. The molecule has 0 aliphatic carbocycles. The van der Waals surface area contributed by atoms with Gasteiger partial charge in [-0.3, -0.25) is 9.78 Å². The molecule has 1 aliphatic heterocycles. The third-order valence-corrected chi connectivity index (χ3v) is 7.93. The van der Waals surface area contributed by atoms with Crippen molar-refractivity contribution in [2.45, 2.75) is 17.7 Å². The van der Waals surface area contributed by atoms with E-state index in [1.54, 1.807) is 23.7 Å². The summed E-state index contributed by atoms with van der Waals surface area (Å²) in [7, 11) is -3.51. The highest BCUT2D eigenvalue weighted by molar-refractivity contribution is 7.89. The van der Waals surface area contributed by atoms with Gasteiger partial charge in [0.15, 0.2) is 0 Å². The normalized spacial score (nSPS) is 15.7. The molecule has 1 aliphatic rings. The van der Waals surface area contributed by atoms with Gasteiger partial charge in [-0.2, -0.15) is 4.31 Å². The summed E-state index contributed by atoms with van der Waals surface area (Å²) < 4.78 is 26.8. The van der Waals surface area contributed by atoms with Gasteiger partial charge >= 0.3 is 0 Å². The Kier molecular flexibility index (Phi) is 6.21. The van der Waals surface area contributed by atoms with Crippen molar-refractivity contribution in [3.05, 3.63) is 65.9 Å². The molecule has 9 heteroatoms. The van der Waals surface area contributed by atoms with Crippen molar-refractivity contribution in [1.29, 1.82) is 0 Å². The number of thiazole rings is 1. The third-order valence-electron chi connectivity index (χ3n) is 5.15. The minimum absolute atomic E-state index is 0.196. The second-order valence-corrected chi connectivity index (χ2v) is 9.95. The molecule has 1 aromatic carbocycles. The quantitative estimate of drug-likeness (QED) is 0.633. The monoisotopic (exact) mass is 442 g/mol. The van der Waals surface area contributed by atoms with Gasteiger partial charge in [0.1, 0.15) is 15.6 Å². The number of benzene rings is 1. The van der Waals surface area contributed by atoms with Crippen molar-refractivity contribution < 1.29 is 13.2 Å². The average molecular weight is 443 g/mol. The van der Waals surface area contributed by atoms with E-state index >= 15 is 0 Å². The smallest absolute Gasteiger partial charge is 0.270 e. The first kappa shape index (κ1) is 20.6. The first-order valence-electron chi connectivity index (χ1n) is 9.73. The zero-order valence-electron chi connectivity index (χ0n) is 16.3. The molecule has 1 amide bonds. The maximum Gasteiger partial charge on any atom is 0.270 e. The van der Waals surface area contributed by atoms with Gasteiger partial charge in [-0.15, -0.1) is 11.3 Å². The lowest BCUT2D eigenvalue weighted by Crippen LogP contribution is -2.41. The molecule has 0 atom stereocenters. The summed E-state index contributed by atoms with van der Waals surface area (Å²) >= 11 is 1.44. The highest BCUT2D eigenvalue weighted by Gasteiger charge is 2.29. The number of piperidine rings is 1. The molecule has 1 fully saturated rings. The van der Waals surface area contributed by atoms with Crippen molar-refractivity contribution in [3.63, 3.8) is 0 Å². The number of pyridine rings is 1. The summed E-state index contributed by atoms with van der Waals surface area (Å²) in [6.45, 7) is 1.39. The molecule has 1 N–H and O–H groups in total. The van der Waals surface area contributed by atoms with E-state index in [4.69, 9.17) is 0 Å². The van der Waals surface area contributed by atoms with Crippen LogP contribution in [0.15, 0.2) is 65.1 Å². The summed E-state index contributed by atoms with van der Waals surface area (Å²) in [6.07, 6.45) is 4.33. The summed E-state index contributed by atoms with van der Waals surface area (Å²) in [6, 6.07) is 12.9. The second kappa shape index (κ2) is 9.03. The van der Waals surface area contributed by atoms with Gasteiger partial charge in [0.2, 0.25) is 10.0 Å². The SMILES string of the molecule is O=C(NCC1CCN(S(=O)(=O)c2cccnc2)CC1)c1csc(-c2ccccc2)n1. The number of nitrogens with one attached hydrogen (secondary N) is 1. The Hall–Kier alpha value is -2.62. The van der Waals surface area contributed by atoms with Crippen LogP contribution in [0, 0.1) is 5.92 Å². The van der Waals surface area contributed by atoms with Crippen LogP contribution in [0.1, 0.15) is 23.3 Å². The number of carbonyl (C=O) groups is 1. The molecule has 3 heterocycles. The molecule has 0 spiro atoms. The standard InChI is InChI=1S/C21H22N4O3S2/c26-20(19-15-29-21(24-19)17-5-2-1-3-6-17)23-13-16-8-11-25(12-9-16)30(27,28)18-7-4-10-22-14-18/h1-7,10,14-16H,8-9,11-13H2,(H,23,26). The number of nitrogens with zero attached hydrogens (tertiary/aromatic N) is 3. The van der Waals surface area contributed by atoms with E-state index < -0.39 is 10.0 Å². The Morgan fingerprint density at radius 2 is 1.90 bits per heavy atom. The first-order chi connectivity index (χ1) is 14.5. The molecular weight excluding hydrogens is 420 g/mol. The van der Waals surface area contributed by atoms with Crippen LogP contribution in [0.4, 0.5) is 0 Å². The molecular formula is C21H22N4O3S2. The lowest BCUT2D eigenvalue weighted by Gasteiger charge is -2.31. The van der Waals surface area contributed by atoms with Gasteiger partial charge in [0.25, 0.3) is 5.91 Å². The van der Waals surface area contributed by atoms with Gasteiger partial charge in [-0.05, 0) is 30.9 Å². The Morgan fingerprint density at radius 1 is 1.13 bits per heavy atom. The maximum absolute atomic E-state index is 12.7. The minimum Gasteiger partial charge on any atom is -0.350 e. The lowest BCUT2D eigenvalue weighted by atomic mass is 9.98. The highest BCUT2D eigenvalue weighted by atomic mass is 32.2. The molecule has 1 saturated heterocycles. The Balaban J connectivity index is 1.29. The van der Waals surface area contributed by atoms with Crippen LogP contribution in [0.2, 0.25) is 0 Å². The zero-order chi connectivity index (χ0) is 21.0. The molecule has 30 heavy (non-hydrogen) atoms. The van der Waals surface area contributed by atoms with Crippen molar-refractivity contribution in [2.24, 2.45) is 5.92 Å². The van der Waals surface area contributed by atoms with Crippen molar-refractivity contribution in [1.82, 2.24) is 19.6 Å². The van der Waals surface area contributed by atoms with Gasteiger partial charge in [0, 0.05) is 43.0 Å². The molecule has 0 unspecified atom stereocenters. The summed E-state index contributed by atoms with van der Waals surface area (Å²) in [5, 5.41) is 5.53. The molecule has 4 rings (SSSR count). The van der Waals surface area contributed by atoms with Crippen LogP contribution in [-0.2, 0) is 10.0 Å². The van der Waals surface area contributed by atoms with Gasteiger partial charge < -0.3 is 5.32 Å². The molecule has 0 saturated carbocycles. The fourth-order valence-corrected chi connectivity index (χ4v) is 5.66. The topological polar surface area (TPSA) is 92.3 Å². The molecule has 3 aromatic rings. The van der Waals surface area contributed by atoms with Crippen molar-refractivity contribution >= 4 is 27.3 Å².